The molecule has 0 aliphatic carbocycles. The van der Waals surface area contributed by atoms with Gasteiger partial charge in [0, 0.05) is 19.0 Å². The quantitative estimate of drug-likeness (QED) is 0.857. The third-order valence-corrected chi connectivity index (χ3v) is 3.14. The summed E-state index contributed by atoms with van der Waals surface area (Å²) in [5, 5.41) is 9.98. The van der Waals surface area contributed by atoms with Crippen LogP contribution in [0.25, 0.3) is 0 Å². The summed E-state index contributed by atoms with van der Waals surface area (Å²) in [6.07, 6.45) is 0.815. The Balaban J connectivity index is 2.83. The van der Waals surface area contributed by atoms with Gasteiger partial charge in [-0.05, 0) is 25.8 Å². The van der Waals surface area contributed by atoms with Crippen molar-refractivity contribution in [3.63, 3.8) is 0 Å². The number of rotatable bonds is 6. The maximum absolute atomic E-state index is 12.4. The molecule has 0 saturated carbocycles. The van der Waals surface area contributed by atoms with Crippen LogP contribution >= 0.6 is 0 Å². The first kappa shape index (κ1) is 15.7. The van der Waals surface area contributed by atoms with Crippen molar-refractivity contribution in [3.8, 4) is 0 Å². The molecule has 1 aromatic carbocycles. The van der Waals surface area contributed by atoms with Gasteiger partial charge in [-0.15, -0.1) is 0 Å². The molecule has 19 heavy (non-hydrogen) atoms. The summed E-state index contributed by atoms with van der Waals surface area (Å²) in [5.41, 5.74) is 0.209. The van der Waals surface area contributed by atoms with Crippen molar-refractivity contribution in [2.45, 2.75) is 46.3 Å². The first-order valence-electron chi connectivity index (χ1n) is 6.88. The summed E-state index contributed by atoms with van der Waals surface area (Å²) in [6.45, 7) is 8.31. The molecule has 0 spiro atoms. The van der Waals surface area contributed by atoms with Gasteiger partial charge < -0.3 is 10.0 Å². The fraction of sp³-hybridized carbons (Fsp3) is 0.562. The first-order valence-corrected chi connectivity index (χ1v) is 6.88. The average molecular weight is 263 g/mol. The Morgan fingerprint density at radius 1 is 1.32 bits per heavy atom. The van der Waals surface area contributed by atoms with Gasteiger partial charge in [-0.2, -0.15) is 0 Å². The first-order chi connectivity index (χ1) is 8.83. The second-order valence-corrected chi connectivity index (χ2v) is 5.80. The Morgan fingerprint density at radius 2 is 1.89 bits per heavy atom. The van der Waals surface area contributed by atoms with Crippen molar-refractivity contribution in [1.29, 1.82) is 0 Å². The normalized spacial score (nSPS) is 13.1. The van der Waals surface area contributed by atoms with Gasteiger partial charge in [0.05, 0.1) is 5.60 Å². The van der Waals surface area contributed by atoms with Crippen molar-refractivity contribution < 1.29 is 9.90 Å². The van der Waals surface area contributed by atoms with Crippen LogP contribution < -0.4 is 0 Å². The molecule has 1 unspecified atom stereocenters. The summed E-state index contributed by atoms with van der Waals surface area (Å²) in [7, 11) is 0. The number of carbonyl (C=O) groups excluding carboxylic acids is 1. The van der Waals surface area contributed by atoms with E-state index in [4.69, 9.17) is 0 Å². The molecule has 0 heterocycles. The molecule has 1 amide bonds. The van der Waals surface area contributed by atoms with Crippen LogP contribution in [0.3, 0.4) is 0 Å². The van der Waals surface area contributed by atoms with E-state index in [1.165, 1.54) is 0 Å². The van der Waals surface area contributed by atoms with E-state index in [-0.39, 0.29) is 11.8 Å². The second-order valence-electron chi connectivity index (χ2n) is 5.80. The SMILES string of the molecule is CCC(C)C(=O)N(Cc1ccccc1)CC(C)(C)O. The Morgan fingerprint density at radius 3 is 2.37 bits per heavy atom. The van der Waals surface area contributed by atoms with E-state index < -0.39 is 5.60 Å². The molecular weight excluding hydrogens is 238 g/mol. The molecule has 3 nitrogen and oxygen atoms in total. The van der Waals surface area contributed by atoms with Gasteiger partial charge in [0.25, 0.3) is 0 Å². The predicted molar refractivity (Wildman–Crippen MR) is 77.6 cm³/mol. The lowest BCUT2D eigenvalue weighted by Crippen LogP contribution is -2.43. The van der Waals surface area contributed by atoms with Gasteiger partial charge in [0.15, 0.2) is 0 Å². The minimum Gasteiger partial charge on any atom is -0.389 e. The minimum absolute atomic E-state index is 0.00828. The van der Waals surface area contributed by atoms with Crippen LogP contribution in [0.1, 0.15) is 39.7 Å². The fourth-order valence-corrected chi connectivity index (χ4v) is 1.97. The van der Waals surface area contributed by atoms with Crippen molar-refractivity contribution in [3.05, 3.63) is 35.9 Å². The Bertz CT molecular complexity index is 395. The standard InChI is InChI=1S/C16H25NO2/c1-5-13(2)15(18)17(12-16(3,4)19)11-14-9-7-6-8-10-14/h6-10,13,19H,5,11-12H2,1-4H3. The molecule has 0 bridgehead atoms. The second kappa shape index (κ2) is 6.71. The van der Waals surface area contributed by atoms with Gasteiger partial charge in [0.1, 0.15) is 0 Å². The topological polar surface area (TPSA) is 40.5 Å². The Hall–Kier alpha value is -1.35. The molecule has 1 atom stereocenters. The smallest absolute Gasteiger partial charge is 0.225 e. The lowest BCUT2D eigenvalue weighted by Gasteiger charge is -2.31. The van der Waals surface area contributed by atoms with E-state index in [1.54, 1.807) is 18.7 Å². The molecule has 1 aromatic rings. The van der Waals surface area contributed by atoms with Crippen molar-refractivity contribution in [2.24, 2.45) is 5.92 Å². The maximum atomic E-state index is 12.4. The molecule has 0 radical (unpaired) electrons. The summed E-state index contributed by atoms with van der Waals surface area (Å²) in [4.78, 5) is 14.1. The van der Waals surface area contributed by atoms with Crippen LogP contribution in [0, 0.1) is 5.92 Å². The van der Waals surface area contributed by atoms with E-state index in [0.29, 0.717) is 13.1 Å². The monoisotopic (exact) mass is 263 g/mol. The number of amides is 1. The summed E-state index contributed by atoms with van der Waals surface area (Å²) in [6, 6.07) is 9.89. The Labute approximate surface area is 116 Å². The molecular formula is C16H25NO2. The highest BCUT2D eigenvalue weighted by Gasteiger charge is 2.25. The van der Waals surface area contributed by atoms with Crippen LogP contribution in [-0.2, 0) is 11.3 Å². The highest BCUT2D eigenvalue weighted by molar-refractivity contribution is 5.78. The van der Waals surface area contributed by atoms with Gasteiger partial charge in [0.2, 0.25) is 5.91 Å². The lowest BCUT2D eigenvalue weighted by molar-refractivity contribution is -0.138. The van der Waals surface area contributed by atoms with Gasteiger partial charge in [-0.25, -0.2) is 0 Å². The predicted octanol–water partition coefficient (Wildman–Crippen LogP) is 2.83. The van der Waals surface area contributed by atoms with Gasteiger partial charge >= 0.3 is 0 Å². The molecule has 0 aliphatic heterocycles. The molecule has 0 saturated heterocycles. The third kappa shape index (κ3) is 5.43. The summed E-state index contributed by atoms with van der Waals surface area (Å²) < 4.78 is 0. The van der Waals surface area contributed by atoms with Crippen LogP contribution in [-0.4, -0.2) is 28.1 Å². The van der Waals surface area contributed by atoms with Crippen molar-refractivity contribution in [1.82, 2.24) is 4.90 Å². The molecule has 1 N–H and O–H groups in total. The molecule has 0 fully saturated rings. The fourth-order valence-electron chi connectivity index (χ4n) is 1.97. The number of benzene rings is 1. The van der Waals surface area contributed by atoms with Crippen LogP contribution in [0.5, 0.6) is 0 Å². The Kier molecular flexibility index (Phi) is 5.55. The van der Waals surface area contributed by atoms with Gasteiger partial charge in [-0.3, -0.25) is 4.79 Å². The highest BCUT2D eigenvalue weighted by Crippen LogP contribution is 2.15. The zero-order valence-electron chi connectivity index (χ0n) is 12.4. The maximum Gasteiger partial charge on any atom is 0.225 e. The number of hydrogen-bond acceptors (Lipinski definition) is 2. The highest BCUT2D eigenvalue weighted by atomic mass is 16.3. The van der Waals surface area contributed by atoms with Crippen molar-refractivity contribution in [2.75, 3.05) is 6.54 Å². The number of aliphatic hydroxyl groups is 1. The number of carbonyl (C=O) groups is 1. The van der Waals surface area contributed by atoms with E-state index in [9.17, 15) is 9.90 Å². The summed E-state index contributed by atoms with van der Waals surface area (Å²) in [5.74, 6) is 0.0968. The van der Waals surface area contributed by atoms with Crippen LogP contribution in [0.15, 0.2) is 30.3 Å². The lowest BCUT2D eigenvalue weighted by atomic mass is 10.0. The largest absolute Gasteiger partial charge is 0.389 e. The van der Waals surface area contributed by atoms with Crippen LogP contribution in [0.2, 0.25) is 0 Å². The van der Waals surface area contributed by atoms with Gasteiger partial charge in [-0.1, -0.05) is 44.2 Å². The van der Waals surface area contributed by atoms with Crippen molar-refractivity contribution >= 4 is 5.91 Å². The number of hydrogen-bond donors (Lipinski definition) is 1. The molecule has 0 aliphatic rings. The number of nitrogens with zero attached hydrogens (tertiary/aromatic N) is 1. The molecule has 1 rings (SSSR count). The molecule has 0 aromatic heterocycles. The zero-order valence-corrected chi connectivity index (χ0v) is 12.4. The van der Waals surface area contributed by atoms with E-state index in [0.717, 1.165) is 12.0 Å². The average Bonchev–Trinajstić information content (AvgIpc) is 2.36. The minimum atomic E-state index is -0.877. The van der Waals surface area contributed by atoms with Crippen LogP contribution in [0.4, 0.5) is 0 Å². The summed E-state index contributed by atoms with van der Waals surface area (Å²) >= 11 is 0. The zero-order chi connectivity index (χ0) is 14.5. The van der Waals surface area contributed by atoms with E-state index in [2.05, 4.69) is 0 Å². The third-order valence-electron chi connectivity index (χ3n) is 3.14. The van der Waals surface area contributed by atoms with E-state index >= 15 is 0 Å². The molecule has 3 heteroatoms. The van der Waals surface area contributed by atoms with E-state index in [1.807, 2.05) is 44.2 Å². The molecule has 106 valence electrons.